The van der Waals surface area contributed by atoms with Crippen molar-refractivity contribution in [3.63, 3.8) is 0 Å². The summed E-state index contributed by atoms with van der Waals surface area (Å²) in [6.07, 6.45) is -24.9. The molecule has 0 aromatic rings. The minimum Gasteiger partial charge on any atom is -0.313 e. The lowest BCUT2D eigenvalue weighted by atomic mass is 10.0. The van der Waals surface area contributed by atoms with Crippen LogP contribution in [0.2, 0.25) is 0 Å². The molecular weight excluding hydrogens is 339 g/mol. The summed E-state index contributed by atoms with van der Waals surface area (Å²) in [6, 6.07) is 0. The van der Waals surface area contributed by atoms with E-state index >= 15 is 0 Å². The molecule has 0 spiro atoms. The van der Waals surface area contributed by atoms with Crippen LogP contribution < -0.4 is 5.32 Å². The van der Waals surface area contributed by atoms with Gasteiger partial charge in [0.1, 0.15) is 0 Å². The van der Waals surface area contributed by atoms with E-state index in [2.05, 4.69) is 4.74 Å². The second kappa shape index (κ2) is 4.33. The molecule has 124 valence electrons. The first-order valence-electron chi connectivity index (χ1n) is 4.54. The van der Waals surface area contributed by atoms with Gasteiger partial charge in [-0.05, 0) is 0 Å². The van der Waals surface area contributed by atoms with E-state index in [9.17, 15) is 53.1 Å². The number of nitrogens with one attached hydrogen (secondary N) is 1. The lowest BCUT2D eigenvalue weighted by Gasteiger charge is -2.34. The Morgan fingerprint density at radius 2 is 1.24 bits per heavy atom. The van der Waals surface area contributed by atoms with E-state index in [1.54, 1.807) is 0 Å². The van der Waals surface area contributed by atoms with Crippen molar-refractivity contribution >= 4 is 5.91 Å². The van der Waals surface area contributed by atoms with Gasteiger partial charge in [-0.15, -0.1) is 0 Å². The maximum Gasteiger partial charge on any atom is 0.442 e. The maximum atomic E-state index is 12.4. The number of halogens is 11. The second-order valence-corrected chi connectivity index (χ2v) is 3.77. The molecule has 1 fully saturated rings. The van der Waals surface area contributed by atoms with Gasteiger partial charge in [-0.1, -0.05) is 0 Å². The van der Waals surface area contributed by atoms with Crippen molar-refractivity contribution in [3.05, 3.63) is 0 Å². The number of ether oxygens (including phenoxy) is 1. The summed E-state index contributed by atoms with van der Waals surface area (Å²) in [5.41, 5.74) is -11.5. The van der Waals surface area contributed by atoms with Gasteiger partial charge in [-0.2, -0.15) is 39.5 Å². The number of carbonyl (C=O) groups excluding carboxylic acids is 1. The molecule has 1 aliphatic heterocycles. The zero-order chi connectivity index (χ0) is 17.1. The minimum atomic E-state index is -6.75. The van der Waals surface area contributed by atoms with Crippen LogP contribution in [0.25, 0.3) is 0 Å². The van der Waals surface area contributed by atoms with Crippen LogP contribution in [0, 0.1) is 0 Å². The Morgan fingerprint density at radius 3 is 1.38 bits per heavy atom. The van der Waals surface area contributed by atoms with Crippen LogP contribution in [0.15, 0.2) is 0 Å². The minimum absolute atomic E-state index is 0.0654. The van der Waals surface area contributed by atoms with Crippen LogP contribution in [-0.2, 0) is 9.53 Å². The van der Waals surface area contributed by atoms with Crippen molar-refractivity contribution in [2.24, 2.45) is 0 Å². The molecule has 1 atom stereocenters. The molecule has 1 N–H and O–H groups in total. The largest absolute Gasteiger partial charge is 0.442 e. The van der Waals surface area contributed by atoms with Crippen LogP contribution in [0.4, 0.5) is 48.3 Å². The smallest absolute Gasteiger partial charge is 0.313 e. The Morgan fingerprint density at radius 1 is 0.857 bits per heavy atom. The SMILES string of the molecule is O=C1NC(C(F)F)(C(F)(F)F)OC1(C(F)(F)F)C(F)(F)F. The predicted octanol–water partition coefficient (Wildman–Crippen LogP) is 2.52. The summed E-state index contributed by atoms with van der Waals surface area (Å²) in [7, 11) is 0. The van der Waals surface area contributed by atoms with E-state index in [1.807, 2.05) is 0 Å². The first kappa shape index (κ1) is 17.7. The molecule has 0 bridgehead atoms. The normalized spacial score (nSPS) is 27.1. The van der Waals surface area contributed by atoms with Crippen molar-refractivity contribution in [2.45, 2.75) is 36.3 Å². The highest BCUT2D eigenvalue weighted by Gasteiger charge is 2.87. The Labute approximate surface area is 107 Å². The molecule has 1 unspecified atom stereocenters. The number of carbonyl (C=O) groups is 1. The Hall–Kier alpha value is -1.34. The van der Waals surface area contributed by atoms with E-state index in [-0.39, 0.29) is 5.32 Å². The van der Waals surface area contributed by atoms with E-state index in [1.165, 1.54) is 0 Å². The molecule has 0 aromatic carbocycles. The molecule has 1 rings (SSSR count). The van der Waals surface area contributed by atoms with Gasteiger partial charge in [0.15, 0.2) is 0 Å². The highest BCUT2D eigenvalue weighted by Crippen LogP contribution is 2.54. The zero-order valence-electron chi connectivity index (χ0n) is 9.05. The highest BCUT2D eigenvalue weighted by molar-refractivity contribution is 5.90. The first-order valence-corrected chi connectivity index (χ1v) is 4.54. The standard InChI is InChI=1S/C7H2F11NO2/c8-1(9)4(7(16,17)18)19-2(20)3(21-4,5(10,11)12)6(13,14)15/h1H,(H,19,20). The van der Waals surface area contributed by atoms with Crippen molar-refractivity contribution in [3.8, 4) is 0 Å². The summed E-state index contributed by atoms with van der Waals surface area (Å²) < 4.78 is 139. The molecule has 0 saturated carbocycles. The highest BCUT2D eigenvalue weighted by atomic mass is 19.4. The molecule has 0 aromatic heterocycles. The van der Waals surface area contributed by atoms with Crippen LogP contribution in [0.5, 0.6) is 0 Å². The average Bonchev–Trinajstić information content (AvgIpc) is 2.51. The average molecular weight is 341 g/mol. The Balaban J connectivity index is 3.58. The molecular formula is C7H2F11NO2. The van der Waals surface area contributed by atoms with E-state index < -0.39 is 42.2 Å². The summed E-state index contributed by atoms with van der Waals surface area (Å²) in [4.78, 5) is 10.8. The molecule has 1 amide bonds. The van der Waals surface area contributed by atoms with Gasteiger partial charge in [-0.25, -0.2) is 8.78 Å². The number of rotatable bonds is 1. The molecule has 3 nitrogen and oxygen atoms in total. The van der Waals surface area contributed by atoms with Gasteiger partial charge in [0, 0.05) is 0 Å². The first-order chi connectivity index (χ1) is 9.03. The van der Waals surface area contributed by atoms with Gasteiger partial charge in [0.25, 0.3) is 12.3 Å². The third kappa shape index (κ3) is 2.19. The second-order valence-electron chi connectivity index (χ2n) is 3.77. The van der Waals surface area contributed by atoms with Crippen LogP contribution in [-0.4, -0.2) is 42.2 Å². The lowest BCUT2D eigenvalue weighted by Crippen LogP contribution is -2.63. The third-order valence-corrected chi connectivity index (χ3v) is 2.46. The van der Waals surface area contributed by atoms with Gasteiger partial charge in [-0.3, -0.25) is 4.79 Å². The number of hydrogen-bond acceptors (Lipinski definition) is 2. The van der Waals surface area contributed by atoms with Crippen molar-refractivity contribution in [1.82, 2.24) is 5.32 Å². The Kier molecular flexibility index (Phi) is 3.65. The van der Waals surface area contributed by atoms with E-state index in [0.717, 1.165) is 0 Å². The van der Waals surface area contributed by atoms with E-state index in [0.29, 0.717) is 0 Å². The fraction of sp³-hybridized carbons (Fsp3) is 0.857. The number of amides is 1. The van der Waals surface area contributed by atoms with Crippen LogP contribution in [0.3, 0.4) is 0 Å². The topological polar surface area (TPSA) is 38.3 Å². The summed E-state index contributed by atoms with van der Waals surface area (Å²) in [5, 5.41) is -0.0654. The van der Waals surface area contributed by atoms with Gasteiger partial charge in [0.2, 0.25) is 0 Å². The molecule has 0 aliphatic carbocycles. The molecule has 14 heteroatoms. The monoisotopic (exact) mass is 341 g/mol. The number of alkyl halides is 11. The molecule has 1 saturated heterocycles. The van der Waals surface area contributed by atoms with Gasteiger partial charge < -0.3 is 10.1 Å². The van der Waals surface area contributed by atoms with Crippen molar-refractivity contribution in [1.29, 1.82) is 0 Å². The molecule has 1 heterocycles. The van der Waals surface area contributed by atoms with Crippen molar-refractivity contribution in [2.75, 3.05) is 0 Å². The van der Waals surface area contributed by atoms with Crippen LogP contribution in [0.1, 0.15) is 0 Å². The van der Waals surface area contributed by atoms with Gasteiger partial charge in [0.05, 0.1) is 0 Å². The fourth-order valence-corrected chi connectivity index (χ4v) is 1.46. The predicted molar refractivity (Wildman–Crippen MR) is 38.9 cm³/mol. The maximum absolute atomic E-state index is 12.4. The summed E-state index contributed by atoms with van der Waals surface area (Å²) in [5.74, 6) is -3.43. The fourth-order valence-electron chi connectivity index (χ4n) is 1.46. The summed E-state index contributed by atoms with van der Waals surface area (Å²) >= 11 is 0. The summed E-state index contributed by atoms with van der Waals surface area (Å²) in [6.45, 7) is 0. The Bertz CT molecular complexity index is 421. The van der Waals surface area contributed by atoms with Gasteiger partial charge >= 0.3 is 29.9 Å². The van der Waals surface area contributed by atoms with Crippen LogP contribution >= 0.6 is 0 Å². The van der Waals surface area contributed by atoms with Crippen molar-refractivity contribution < 1.29 is 57.8 Å². The molecule has 1 aliphatic rings. The quantitative estimate of drug-likeness (QED) is 0.745. The third-order valence-electron chi connectivity index (χ3n) is 2.46. The number of hydrogen-bond donors (Lipinski definition) is 1. The zero-order valence-corrected chi connectivity index (χ0v) is 9.05. The van der Waals surface area contributed by atoms with E-state index in [4.69, 9.17) is 0 Å². The lowest BCUT2D eigenvalue weighted by molar-refractivity contribution is -0.409. The molecule has 21 heavy (non-hydrogen) atoms. The molecule has 0 radical (unpaired) electrons.